The molecule has 3 aromatic rings. The third kappa shape index (κ3) is 3.56. The van der Waals surface area contributed by atoms with Gasteiger partial charge in [-0.2, -0.15) is 0 Å². The van der Waals surface area contributed by atoms with Crippen LogP contribution in [0.4, 0.5) is 0 Å². The molecule has 0 spiro atoms. The number of thioether (sulfide) groups is 1. The maximum absolute atomic E-state index is 12.1. The van der Waals surface area contributed by atoms with Crippen LogP contribution >= 0.6 is 11.8 Å². The molecule has 0 saturated carbocycles. The van der Waals surface area contributed by atoms with Crippen molar-refractivity contribution in [3.8, 4) is 0 Å². The molecule has 0 aliphatic rings. The zero-order valence-electron chi connectivity index (χ0n) is 13.0. The Balaban J connectivity index is 1.58. The van der Waals surface area contributed by atoms with Gasteiger partial charge in [-0.05, 0) is 26.0 Å². The molecule has 1 atom stereocenters. The van der Waals surface area contributed by atoms with Gasteiger partial charge in [-0.3, -0.25) is 4.79 Å². The normalized spacial score (nSPS) is 12.4. The van der Waals surface area contributed by atoms with E-state index in [1.807, 2.05) is 48.7 Å². The molecule has 120 valence electrons. The van der Waals surface area contributed by atoms with E-state index in [1.165, 1.54) is 11.8 Å². The summed E-state index contributed by atoms with van der Waals surface area (Å²) in [5.74, 6) is 0.985. The minimum atomic E-state index is -0.181. The molecule has 2 aromatic heterocycles. The van der Waals surface area contributed by atoms with Gasteiger partial charge in [-0.25, -0.2) is 0 Å². The van der Waals surface area contributed by atoms with Crippen molar-refractivity contribution in [1.29, 1.82) is 0 Å². The topological polar surface area (TPSA) is 73.0 Å². The highest BCUT2D eigenvalue weighted by molar-refractivity contribution is 7.99. The van der Waals surface area contributed by atoms with Gasteiger partial charge in [-0.1, -0.05) is 30.0 Å². The van der Waals surface area contributed by atoms with Crippen LogP contribution in [0, 0.1) is 0 Å². The first-order chi connectivity index (χ1) is 11.2. The van der Waals surface area contributed by atoms with Crippen LogP contribution in [0.2, 0.25) is 0 Å². The Kier molecular flexibility index (Phi) is 4.66. The second kappa shape index (κ2) is 6.87. The fourth-order valence-electron chi connectivity index (χ4n) is 2.27. The van der Waals surface area contributed by atoms with Gasteiger partial charge >= 0.3 is 0 Å². The number of nitrogens with one attached hydrogen (secondary N) is 1. The number of carbonyl (C=O) groups is 1. The molecule has 3 rings (SSSR count). The fraction of sp³-hybridized carbons (Fsp3) is 0.312. The zero-order chi connectivity index (χ0) is 16.2. The number of hydrogen-bond acceptors (Lipinski definition) is 5. The van der Waals surface area contributed by atoms with E-state index in [2.05, 4.69) is 15.5 Å². The number of fused-ring (bicyclic) bond motifs is 1. The third-order valence-corrected chi connectivity index (χ3v) is 4.48. The van der Waals surface area contributed by atoms with Crippen molar-refractivity contribution in [3.63, 3.8) is 0 Å². The molecule has 7 heteroatoms. The Morgan fingerprint density at radius 3 is 3.04 bits per heavy atom. The Hall–Kier alpha value is -2.28. The smallest absolute Gasteiger partial charge is 0.231 e. The summed E-state index contributed by atoms with van der Waals surface area (Å²) in [5, 5.41) is 12.6. The molecular weight excluding hydrogens is 312 g/mol. The molecule has 1 amide bonds. The van der Waals surface area contributed by atoms with Crippen LogP contribution in [0.5, 0.6) is 0 Å². The van der Waals surface area contributed by atoms with Crippen LogP contribution in [-0.2, 0) is 11.3 Å². The number of amides is 1. The van der Waals surface area contributed by atoms with Gasteiger partial charge in [0, 0.05) is 11.9 Å². The van der Waals surface area contributed by atoms with Crippen LogP contribution in [0.3, 0.4) is 0 Å². The lowest BCUT2D eigenvalue weighted by molar-refractivity contribution is -0.119. The first kappa shape index (κ1) is 15.6. The summed E-state index contributed by atoms with van der Waals surface area (Å²) in [6, 6.07) is 9.58. The van der Waals surface area contributed by atoms with E-state index in [-0.39, 0.29) is 11.9 Å². The molecule has 0 radical (unpaired) electrons. The fourth-order valence-corrected chi connectivity index (χ4v) is 3.06. The van der Waals surface area contributed by atoms with E-state index in [1.54, 1.807) is 6.33 Å². The van der Waals surface area contributed by atoms with Gasteiger partial charge in [0.1, 0.15) is 17.7 Å². The molecule has 1 aromatic carbocycles. The molecule has 6 nitrogen and oxygen atoms in total. The lowest BCUT2D eigenvalue weighted by atomic mass is 10.2. The molecular formula is C16H18N4O2S. The lowest BCUT2D eigenvalue weighted by Gasteiger charge is -2.11. The highest BCUT2D eigenvalue weighted by Gasteiger charge is 2.15. The number of benzene rings is 1. The molecule has 0 saturated heterocycles. The number of carbonyl (C=O) groups excluding carboxylic acids is 1. The van der Waals surface area contributed by atoms with E-state index in [0.717, 1.165) is 28.4 Å². The molecule has 0 bridgehead atoms. The Bertz CT molecular complexity index is 778. The van der Waals surface area contributed by atoms with Crippen LogP contribution < -0.4 is 5.32 Å². The summed E-state index contributed by atoms with van der Waals surface area (Å²) in [6.45, 7) is 4.71. The van der Waals surface area contributed by atoms with E-state index in [0.29, 0.717) is 5.75 Å². The van der Waals surface area contributed by atoms with Gasteiger partial charge in [0.25, 0.3) is 0 Å². The van der Waals surface area contributed by atoms with E-state index in [9.17, 15) is 4.79 Å². The molecule has 2 heterocycles. The van der Waals surface area contributed by atoms with E-state index in [4.69, 9.17) is 4.42 Å². The minimum Gasteiger partial charge on any atom is -0.459 e. The summed E-state index contributed by atoms with van der Waals surface area (Å²) >= 11 is 1.38. The van der Waals surface area contributed by atoms with Crippen molar-refractivity contribution in [3.05, 3.63) is 42.4 Å². The molecule has 0 fully saturated rings. The number of aryl methyl sites for hydroxylation is 1. The average molecular weight is 330 g/mol. The lowest BCUT2D eigenvalue weighted by Crippen LogP contribution is -2.28. The highest BCUT2D eigenvalue weighted by atomic mass is 32.2. The Morgan fingerprint density at radius 2 is 2.26 bits per heavy atom. The highest BCUT2D eigenvalue weighted by Crippen LogP contribution is 2.23. The predicted molar refractivity (Wildman–Crippen MR) is 89.2 cm³/mol. The van der Waals surface area contributed by atoms with Crippen LogP contribution in [-0.4, -0.2) is 26.4 Å². The first-order valence-electron chi connectivity index (χ1n) is 7.46. The number of hydrogen-bond donors (Lipinski definition) is 1. The quantitative estimate of drug-likeness (QED) is 0.703. The molecule has 0 aliphatic heterocycles. The molecule has 1 N–H and O–H groups in total. The maximum atomic E-state index is 12.1. The Labute approximate surface area is 138 Å². The molecule has 0 unspecified atom stereocenters. The van der Waals surface area contributed by atoms with Crippen molar-refractivity contribution in [1.82, 2.24) is 20.1 Å². The summed E-state index contributed by atoms with van der Waals surface area (Å²) < 4.78 is 7.67. The number of furan rings is 1. The third-order valence-electron chi connectivity index (χ3n) is 3.50. The van der Waals surface area contributed by atoms with E-state index >= 15 is 0 Å². The van der Waals surface area contributed by atoms with Crippen molar-refractivity contribution >= 4 is 28.6 Å². The summed E-state index contributed by atoms with van der Waals surface area (Å²) in [5.41, 5.74) is 0.828. The SMILES string of the molecule is CCn1cnnc1SCC(=O)N[C@@H](C)c1cc2ccccc2o1. The van der Waals surface area contributed by atoms with Crippen LogP contribution in [0.1, 0.15) is 25.6 Å². The Morgan fingerprint density at radius 1 is 1.43 bits per heavy atom. The van der Waals surface area contributed by atoms with E-state index < -0.39 is 0 Å². The van der Waals surface area contributed by atoms with Gasteiger partial charge in [0.05, 0.1) is 11.8 Å². The number of aromatic nitrogens is 3. The zero-order valence-corrected chi connectivity index (χ0v) is 13.8. The molecule has 0 aliphatic carbocycles. The van der Waals surface area contributed by atoms with Crippen molar-refractivity contribution in [2.45, 2.75) is 31.6 Å². The van der Waals surface area contributed by atoms with Crippen molar-refractivity contribution < 1.29 is 9.21 Å². The predicted octanol–water partition coefficient (Wildman–Crippen LogP) is 3.01. The minimum absolute atomic E-state index is 0.0615. The summed E-state index contributed by atoms with van der Waals surface area (Å²) in [4.78, 5) is 12.1. The standard InChI is InChI=1S/C16H18N4O2S/c1-3-20-10-17-19-16(20)23-9-15(21)18-11(2)14-8-12-6-4-5-7-13(12)22-14/h4-8,10-11H,3,9H2,1-2H3,(H,18,21)/t11-/m0/s1. The van der Waals surface area contributed by atoms with Gasteiger partial charge in [-0.15, -0.1) is 10.2 Å². The van der Waals surface area contributed by atoms with Crippen molar-refractivity contribution in [2.75, 3.05) is 5.75 Å². The second-order valence-corrected chi connectivity index (χ2v) is 6.11. The number of rotatable bonds is 6. The van der Waals surface area contributed by atoms with Crippen molar-refractivity contribution in [2.24, 2.45) is 0 Å². The first-order valence-corrected chi connectivity index (χ1v) is 8.44. The van der Waals surface area contributed by atoms with Gasteiger partial charge < -0.3 is 14.3 Å². The maximum Gasteiger partial charge on any atom is 0.231 e. The molecule has 23 heavy (non-hydrogen) atoms. The summed E-state index contributed by atoms with van der Waals surface area (Å²) in [7, 11) is 0. The van der Waals surface area contributed by atoms with Gasteiger partial charge in [0.2, 0.25) is 5.91 Å². The van der Waals surface area contributed by atoms with Crippen LogP contribution in [0.25, 0.3) is 11.0 Å². The average Bonchev–Trinajstić information content (AvgIpc) is 3.18. The van der Waals surface area contributed by atoms with Gasteiger partial charge in [0.15, 0.2) is 5.16 Å². The summed E-state index contributed by atoms with van der Waals surface area (Å²) in [6.07, 6.45) is 1.66. The number of para-hydroxylation sites is 1. The second-order valence-electron chi connectivity index (χ2n) is 5.16. The largest absolute Gasteiger partial charge is 0.459 e. The number of nitrogens with zero attached hydrogens (tertiary/aromatic N) is 3. The van der Waals surface area contributed by atoms with Crippen LogP contribution in [0.15, 0.2) is 46.2 Å². The monoisotopic (exact) mass is 330 g/mol.